The minimum absolute atomic E-state index is 0.0718. The summed E-state index contributed by atoms with van der Waals surface area (Å²) in [6, 6.07) is 13.8. The number of benzene rings is 2. The van der Waals surface area contributed by atoms with Gasteiger partial charge in [-0.3, -0.25) is 14.5 Å². The predicted molar refractivity (Wildman–Crippen MR) is 99.9 cm³/mol. The Labute approximate surface area is 153 Å². The van der Waals surface area contributed by atoms with Crippen molar-refractivity contribution in [3.63, 3.8) is 0 Å². The molecule has 26 heavy (non-hydrogen) atoms. The highest BCUT2D eigenvalue weighted by Gasteiger charge is 2.38. The lowest BCUT2D eigenvalue weighted by molar-refractivity contribution is -0.124. The molecule has 1 atom stereocenters. The van der Waals surface area contributed by atoms with Gasteiger partial charge in [-0.25, -0.2) is 9.37 Å². The highest BCUT2D eigenvalue weighted by atomic mass is 32.1. The van der Waals surface area contributed by atoms with E-state index in [2.05, 4.69) is 4.98 Å². The van der Waals surface area contributed by atoms with Crippen LogP contribution in [-0.4, -0.2) is 30.4 Å². The fraction of sp³-hybridized carbons (Fsp3) is 0.211. The van der Waals surface area contributed by atoms with Gasteiger partial charge in [0.1, 0.15) is 5.82 Å². The van der Waals surface area contributed by atoms with Gasteiger partial charge in [-0.1, -0.05) is 35.6 Å². The van der Waals surface area contributed by atoms with Crippen LogP contribution in [0, 0.1) is 11.7 Å². The van der Waals surface area contributed by atoms with E-state index in [1.165, 1.54) is 27.2 Å². The molecule has 7 heteroatoms. The van der Waals surface area contributed by atoms with E-state index in [0.29, 0.717) is 5.13 Å². The SMILES string of the molecule is CN(C(=O)C1CC(=O)N(c2ccccc2F)C1)c1nc2ccccc2s1. The molecule has 3 aromatic rings. The van der Waals surface area contributed by atoms with Crippen LogP contribution >= 0.6 is 11.3 Å². The summed E-state index contributed by atoms with van der Waals surface area (Å²) in [5, 5.41) is 0.591. The molecule has 5 nitrogen and oxygen atoms in total. The van der Waals surface area contributed by atoms with Gasteiger partial charge in [0.2, 0.25) is 11.8 Å². The van der Waals surface area contributed by atoms with Gasteiger partial charge in [0, 0.05) is 20.0 Å². The van der Waals surface area contributed by atoms with Gasteiger partial charge < -0.3 is 4.90 Å². The summed E-state index contributed by atoms with van der Waals surface area (Å²) in [6.07, 6.45) is 0.0718. The molecule has 2 amide bonds. The fourth-order valence-electron chi connectivity index (χ4n) is 3.15. The first-order valence-corrected chi connectivity index (χ1v) is 9.04. The van der Waals surface area contributed by atoms with E-state index in [1.807, 2.05) is 24.3 Å². The van der Waals surface area contributed by atoms with Crippen molar-refractivity contribution in [2.75, 3.05) is 23.4 Å². The highest BCUT2D eigenvalue weighted by molar-refractivity contribution is 7.22. The zero-order chi connectivity index (χ0) is 18.3. The molecule has 2 aromatic carbocycles. The fourth-order valence-corrected chi connectivity index (χ4v) is 4.08. The van der Waals surface area contributed by atoms with Crippen LogP contribution < -0.4 is 9.80 Å². The minimum Gasteiger partial charge on any atom is -0.309 e. The Kier molecular flexibility index (Phi) is 4.16. The second kappa shape index (κ2) is 6.49. The second-order valence-corrected chi connectivity index (χ2v) is 7.23. The zero-order valence-corrected chi connectivity index (χ0v) is 14.9. The molecular weight excluding hydrogens is 353 g/mol. The first kappa shape index (κ1) is 16.7. The molecule has 0 N–H and O–H groups in total. The summed E-state index contributed by atoms with van der Waals surface area (Å²) in [4.78, 5) is 32.5. The molecule has 1 aliphatic heterocycles. The summed E-state index contributed by atoms with van der Waals surface area (Å²) >= 11 is 1.43. The lowest BCUT2D eigenvalue weighted by Gasteiger charge is -2.19. The van der Waals surface area contributed by atoms with Gasteiger partial charge in [-0.2, -0.15) is 0 Å². The van der Waals surface area contributed by atoms with Crippen molar-refractivity contribution >= 4 is 44.2 Å². The van der Waals surface area contributed by atoms with Crippen LogP contribution in [0.5, 0.6) is 0 Å². The number of para-hydroxylation sites is 2. The Morgan fingerprint density at radius 2 is 1.96 bits per heavy atom. The van der Waals surface area contributed by atoms with Crippen LogP contribution in [0.1, 0.15) is 6.42 Å². The van der Waals surface area contributed by atoms with Crippen molar-refractivity contribution in [2.24, 2.45) is 5.92 Å². The second-order valence-electron chi connectivity index (χ2n) is 6.22. The lowest BCUT2D eigenvalue weighted by atomic mass is 10.1. The summed E-state index contributed by atoms with van der Waals surface area (Å²) in [6.45, 7) is 0.174. The average Bonchev–Trinajstić information content (AvgIpc) is 3.24. The number of rotatable bonds is 3. The van der Waals surface area contributed by atoms with Crippen molar-refractivity contribution in [1.29, 1.82) is 0 Å². The minimum atomic E-state index is -0.515. The Balaban J connectivity index is 1.55. The molecule has 1 aromatic heterocycles. The quantitative estimate of drug-likeness (QED) is 0.711. The third-order valence-electron chi connectivity index (χ3n) is 4.52. The number of hydrogen-bond acceptors (Lipinski definition) is 4. The van der Waals surface area contributed by atoms with Gasteiger partial charge in [0.25, 0.3) is 0 Å². The largest absolute Gasteiger partial charge is 0.309 e. The van der Waals surface area contributed by atoms with Crippen LogP contribution in [0.25, 0.3) is 10.2 Å². The molecular formula is C19H16FN3O2S. The monoisotopic (exact) mass is 369 g/mol. The van der Waals surface area contributed by atoms with Gasteiger partial charge in [0.15, 0.2) is 5.13 Å². The maximum Gasteiger partial charge on any atom is 0.233 e. The number of amides is 2. The zero-order valence-electron chi connectivity index (χ0n) is 14.1. The van der Waals surface area contributed by atoms with Crippen LogP contribution in [0.2, 0.25) is 0 Å². The molecule has 0 saturated carbocycles. The Hall–Kier alpha value is -2.80. The Bertz CT molecular complexity index is 970. The molecule has 0 radical (unpaired) electrons. The summed E-state index contributed by atoms with van der Waals surface area (Å²) < 4.78 is 15.0. The topological polar surface area (TPSA) is 53.5 Å². The van der Waals surface area contributed by atoms with Crippen molar-refractivity contribution in [3.05, 3.63) is 54.3 Å². The van der Waals surface area contributed by atoms with E-state index >= 15 is 0 Å². The molecule has 1 fully saturated rings. The number of hydrogen-bond donors (Lipinski definition) is 0. The smallest absolute Gasteiger partial charge is 0.233 e. The van der Waals surface area contributed by atoms with Gasteiger partial charge in [-0.05, 0) is 24.3 Å². The molecule has 4 rings (SSSR count). The van der Waals surface area contributed by atoms with E-state index in [1.54, 1.807) is 25.2 Å². The van der Waals surface area contributed by atoms with E-state index < -0.39 is 11.7 Å². The van der Waals surface area contributed by atoms with E-state index in [4.69, 9.17) is 0 Å². The van der Waals surface area contributed by atoms with Crippen molar-refractivity contribution in [1.82, 2.24) is 4.98 Å². The maximum atomic E-state index is 14.0. The number of anilines is 2. The first-order valence-electron chi connectivity index (χ1n) is 8.22. The third kappa shape index (κ3) is 2.84. The van der Waals surface area contributed by atoms with Crippen LogP contribution in [0.15, 0.2) is 48.5 Å². The van der Waals surface area contributed by atoms with E-state index in [9.17, 15) is 14.0 Å². The van der Waals surface area contributed by atoms with Crippen LogP contribution in [-0.2, 0) is 9.59 Å². The van der Waals surface area contributed by atoms with E-state index in [-0.39, 0.29) is 30.5 Å². The molecule has 1 aliphatic rings. The van der Waals surface area contributed by atoms with Crippen molar-refractivity contribution < 1.29 is 14.0 Å². The molecule has 1 saturated heterocycles. The van der Waals surface area contributed by atoms with Crippen LogP contribution in [0.4, 0.5) is 15.2 Å². The number of halogens is 1. The van der Waals surface area contributed by atoms with E-state index in [0.717, 1.165) is 10.2 Å². The predicted octanol–water partition coefficient (Wildman–Crippen LogP) is 3.45. The number of carbonyl (C=O) groups is 2. The standard InChI is InChI=1S/C19H16FN3O2S/c1-22(19-21-14-7-3-5-9-16(14)26-19)18(25)12-10-17(24)23(11-12)15-8-4-2-6-13(15)20/h2-9,12H,10-11H2,1H3. The van der Waals surface area contributed by atoms with Crippen LogP contribution in [0.3, 0.4) is 0 Å². The number of carbonyl (C=O) groups excluding carboxylic acids is 2. The lowest BCUT2D eigenvalue weighted by Crippen LogP contribution is -2.34. The average molecular weight is 369 g/mol. The third-order valence-corrected chi connectivity index (χ3v) is 5.63. The molecule has 2 heterocycles. The van der Waals surface area contributed by atoms with Crippen molar-refractivity contribution in [3.8, 4) is 0 Å². The molecule has 1 unspecified atom stereocenters. The summed E-state index contributed by atoms with van der Waals surface area (Å²) in [5.74, 6) is -1.41. The normalized spacial score (nSPS) is 17.1. The van der Waals surface area contributed by atoms with Crippen molar-refractivity contribution in [2.45, 2.75) is 6.42 Å². The molecule has 132 valence electrons. The molecule has 0 bridgehead atoms. The number of nitrogens with zero attached hydrogens (tertiary/aromatic N) is 3. The number of thiazole rings is 1. The highest BCUT2D eigenvalue weighted by Crippen LogP contribution is 2.32. The van der Waals surface area contributed by atoms with Gasteiger partial charge in [-0.15, -0.1) is 0 Å². The number of fused-ring (bicyclic) bond motifs is 1. The van der Waals surface area contributed by atoms with Gasteiger partial charge >= 0.3 is 0 Å². The summed E-state index contributed by atoms with van der Waals surface area (Å²) in [5.41, 5.74) is 1.05. The molecule has 0 spiro atoms. The first-order chi connectivity index (χ1) is 12.5. The molecule has 0 aliphatic carbocycles. The van der Waals surface area contributed by atoms with Gasteiger partial charge in [0.05, 0.1) is 21.8 Å². The Morgan fingerprint density at radius 3 is 2.73 bits per heavy atom. The number of aromatic nitrogens is 1. The Morgan fingerprint density at radius 1 is 1.23 bits per heavy atom. The summed E-state index contributed by atoms with van der Waals surface area (Å²) in [7, 11) is 1.66. The maximum absolute atomic E-state index is 14.0.